The molecule has 3 saturated carbocycles. The Kier molecular flexibility index (Phi) is 3.71. The summed E-state index contributed by atoms with van der Waals surface area (Å²) in [7, 11) is 0. The lowest BCUT2D eigenvalue weighted by molar-refractivity contribution is -0.0580. The van der Waals surface area contributed by atoms with E-state index in [-0.39, 0.29) is 11.1 Å². The van der Waals surface area contributed by atoms with Crippen molar-refractivity contribution in [1.82, 2.24) is 19.9 Å². The van der Waals surface area contributed by atoms with Gasteiger partial charge in [0.15, 0.2) is 0 Å². The van der Waals surface area contributed by atoms with Gasteiger partial charge in [0.2, 0.25) is 0 Å². The Hall–Kier alpha value is -3.44. The molecule has 0 atom stereocenters. The second kappa shape index (κ2) is 7.06. The van der Waals surface area contributed by atoms with Crippen molar-refractivity contribution in [3.05, 3.63) is 47.8 Å². The van der Waals surface area contributed by atoms with E-state index in [0.29, 0.717) is 41.9 Å². The maximum atomic E-state index is 12.8. The summed E-state index contributed by atoms with van der Waals surface area (Å²) in [5.41, 5.74) is 2.13. The number of hydrogen-bond acceptors (Lipinski definition) is 6. The lowest BCUT2D eigenvalue weighted by Crippen LogP contribution is -2.54. The summed E-state index contributed by atoms with van der Waals surface area (Å²) < 4.78 is 23.9. The molecule has 0 radical (unpaired) electrons. The number of nitrogens with one attached hydrogen (secondary N) is 2. The lowest BCUT2D eigenvalue weighted by Gasteiger charge is -2.51. The van der Waals surface area contributed by atoms with Gasteiger partial charge < -0.3 is 15.7 Å². The molecule has 0 spiro atoms. The first-order chi connectivity index (χ1) is 16.1. The van der Waals surface area contributed by atoms with E-state index < -0.39 is 18.5 Å². The van der Waals surface area contributed by atoms with Crippen molar-refractivity contribution in [1.29, 1.82) is 5.26 Å². The van der Waals surface area contributed by atoms with E-state index in [4.69, 9.17) is 9.37 Å². The van der Waals surface area contributed by atoms with Crippen LogP contribution in [0.25, 0.3) is 16.9 Å². The molecule has 6 rings (SSSR count). The number of aromatic nitrogens is 3. The maximum absolute atomic E-state index is 12.8. The van der Waals surface area contributed by atoms with E-state index >= 15 is 0 Å². The number of nitrogens with zero attached hydrogens (tertiary/aromatic N) is 4. The summed E-state index contributed by atoms with van der Waals surface area (Å²) in [6, 6.07) is 9.18. The molecule has 8 heteroatoms. The zero-order chi connectivity index (χ0) is 24.1. The molecule has 3 aliphatic carbocycles. The largest absolute Gasteiger partial charge is 0.390 e. The van der Waals surface area contributed by atoms with Crippen molar-refractivity contribution in [2.24, 2.45) is 0 Å². The van der Waals surface area contributed by atoms with Crippen LogP contribution in [-0.4, -0.2) is 43.7 Å². The molecule has 8 nitrogen and oxygen atoms in total. The van der Waals surface area contributed by atoms with Crippen molar-refractivity contribution in [2.75, 3.05) is 12.3 Å². The number of rotatable bonds is 4. The minimum atomic E-state index is -2.63. The monoisotopic (exact) mass is 419 g/mol. The van der Waals surface area contributed by atoms with Crippen LogP contribution in [0, 0.1) is 11.3 Å². The highest BCUT2D eigenvalue weighted by molar-refractivity contribution is 5.99. The van der Waals surface area contributed by atoms with Gasteiger partial charge in [-0.05, 0) is 62.8 Å². The lowest BCUT2D eigenvalue weighted by atomic mass is 9.63. The first-order valence-electron chi connectivity index (χ1n) is 11.8. The number of fused-ring (bicyclic) bond motifs is 4. The van der Waals surface area contributed by atoms with Crippen LogP contribution in [0.1, 0.15) is 58.6 Å². The Morgan fingerprint density at radius 3 is 2.71 bits per heavy atom. The van der Waals surface area contributed by atoms with Gasteiger partial charge in [0.25, 0.3) is 5.91 Å². The molecule has 0 saturated heterocycles. The number of hydrogen-bond donors (Lipinski definition) is 3. The van der Waals surface area contributed by atoms with Crippen LogP contribution in [-0.2, 0) is 0 Å². The minimum absolute atomic E-state index is 0.140. The first-order valence-corrected chi connectivity index (χ1v) is 10.3. The van der Waals surface area contributed by atoms with Crippen LogP contribution in [0.4, 0.5) is 5.69 Å². The highest BCUT2D eigenvalue weighted by Gasteiger charge is 2.47. The highest BCUT2D eigenvalue weighted by atomic mass is 16.3. The number of aliphatic hydroxyl groups is 1. The number of amides is 1. The summed E-state index contributed by atoms with van der Waals surface area (Å²) in [6.45, 7) is -2.63. The van der Waals surface area contributed by atoms with Crippen LogP contribution in [0.2, 0.25) is 0 Å². The van der Waals surface area contributed by atoms with E-state index in [9.17, 15) is 9.90 Å². The van der Waals surface area contributed by atoms with Crippen molar-refractivity contribution >= 4 is 17.1 Å². The fourth-order valence-corrected chi connectivity index (χ4v) is 4.84. The number of nitriles is 1. The van der Waals surface area contributed by atoms with Gasteiger partial charge in [0, 0.05) is 22.8 Å². The summed E-state index contributed by atoms with van der Waals surface area (Å²) in [6.07, 6.45) is 7.17. The molecule has 0 unspecified atom stereocenters. The van der Waals surface area contributed by atoms with E-state index in [2.05, 4.69) is 21.5 Å². The standard InChI is InChI=1S/C23H24N6O2/c1-25-21(30)17-14-26-19(20-3-2-16-10-15(12-24)13-27-29(16)20)11-18(17)28-22-4-7-23(31,8-5-22)9-6-22/h2-3,10-11,13-14,31H,4-9H2,1H3,(H,25,30)(H,26,28)/i1D3. The fraction of sp³-hybridized carbons (Fsp3) is 0.391. The third-order valence-electron chi connectivity index (χ3n) is 6.76. The maximum Gasteiger partial charge on any atom is 0.254 e. The quantitative estimate of drug-likeness (QED) is 0.599. The minimum Gasteiger partial charge on any atom is -0.390 e. The molecule has 2 bridgehead atoms. The number of carbonyl (C=O) groups excluding carboxylic acids is 1. The normalized spacial score (nSPS) is 26.5. The number of carbonyl (C=O) groups is 1. The first kappa shape index (κ1) is 16.3. The van der Waals surface area contributed by atoms with Gasteiger partial charge in [0.1, 0.15) is 6.07 Å². The van der Waals surface area contributed by atoms with Crippen LogP contribution >= 0.6 is 0 Å². The topological polar surface area (TPSA) is 115 Å². The number of anilines is 1. The summed E-state index contributed by atoms with van der Waals surface area (Å²) >= 11 is 0. The Bertz CT molecular complexity index is 1300. The molecule has 0 aromatic carbocycles. The molecule has 3 N–H and O–H groups in total. The van der Waals surface area contributed by atoms with Gasteiger partial charge in [-0.1, -0.05) is 0 Å². The van der Waals surface area contributed by atoms with Gasteiger partial charge >= 0.3 is 0 Å². The zero-order valence-corrected chi connectivity index (χ0v) is 16.9. The predicted molar refractivity (Wildman–Crippen MR) is 116 cm³/mol. The zero-order valence-electron chi connectivity index (χ0n) is 19.9. The molecule has 3 heterocycles. The van der Waals surface area contributed by atoms with Crippen LogP contribution in [0.5, 0.6) is 0 Å². The molecule has 158 valence electrons. The van der Waals surface area contributed by atoms with E-state index in [0.717, 1.165) is 24.8 Å². The van der Waals surface area contributed by atoms with Crippen molar-refractivity contribution in [2.45, 2.75) is 49.7 Å². The molecule has 3 aromatic heterocycles. The van der Waals surface area contributed by atoms with Crippen molar-refractivity contribution < 1.29 is 14.0 Å². The van der Waals surface area contributed by atoms with Gasteiger partial charge in [-0.15, -0.1) is 0 Å². The third kappa shape index (κ3) is 3.31. The summed E-state index contributed by atoms with van der Waals surface area (Å²) in [5, 5.41) is 29.6. The van der Waals surface area contributed by atoms with Gasteiger partial charge in [-0.25, -0.2) is 4.52 Å². The molecule has 31 heavy (non-hydrogen) atoms. The van der Waals surface area contributed by atoms with Gasteiger partial charge in [-0.2, -0.15) is 10.4 Å². The average Bonchev–Trinajstić information content (AvgIpc) is 3.22. The van der Waals surface area contributed by atoms with E-state index in [1.165, 1.54) is 12.4 Å². The predicted octanol–water partition coefficient (Wildman–Crippen LogP) is 2.88. The average molecular weight is 420 g/mol. The van der Waals surface area contributed by atoms with Gasteiger partial charge in [-0.3, -0.25) is 9.78 Å². The van der Waals surface area contributed by atoms with E-state index in [1.807, 2.05) is 17.4 Å². The smallest absolute Gasteiger partial charge is 0.254 e. The molecular weight excluding hydrogens is 392 g/mol. The summed E-state index contributed by atoms with van der Waals surface area (Å²) in [4.78, 5) is 17.3. The van der Waals surface area contributed by atoms with Crippen molar-refractivity contribution in [3.63, 3.8) is 0 Å². The molecule has 1 amide bonds. The summed E-state index contributed by atoms with van der Waals surface area (Å²) in [5.74, 6) is -0.738. The molecule has 3 aromatic rings. The van der Waals surface area contributed by atoms with Crippen molar-refractivity contribution in [3.8, 4) is 17.5 Å². The molecule has 3 aliphatic rings. The SMILES string of the molecule is [2H]C([2H])([2H])NC(=O)c1cnc(-c2ccc3cc(C#N)cnn23)cc1NC12CCC(O)(CC1)CC2. The van der Waals surface area contributed by atoms with Crippen LogP contribution in [0.3, 0.4) is 0 Å². The number of pyridine rings is 1. The second-order valence-electron chi connectivity index (χ2n) is 8.61. The Balaban J connectivity index is 1.55. The highest BCUT2D eigenvalue weighted by Crippen LogP contribution is 2.48. The Labute approximate surface area is 184 Å². The molecule has 0 aliphatic heterocycles. The third-order valence-corrected chi connectivity index (χ3v) is 6.76. The van der Waals surface area contributed by atoms with Crippen LogP contribution in [0.15, 0.2) is 36.7 Å². The Morgan fingerprint density at radius 2 is 2.00 bits per heavy atom. The van der Waals surface area contributed by atoms with Crippen LogP contribution < -0.4 is 10.6 Å². The Morgan fingerprint density at radius 1 is 1.23 bits per heavy atom. The fourth-order valence-electron chi connectivity index (χ4n) is 4.84. The van der Waals surface area contributed by atoms with E-state index in [1.54, 1.807) is 16.6 Å². The molecule has 3 fully saturated rings. The van der Waals surface area contributed by atoms with Gasteiger partial charge in [0.05, 0.1) is 45.5 Å². The second-order valence-corrected chi connectivity index (χ2v) is 8.61. The molecular formula is C23H24N6O2.